The Kier molecular flexibility index (Phi) is 21.6. The first-order valence-electron chi connectivity index (χ1n) is 3.45. The highest BCUT2D eigenvalue weighted by atomic mass is 35.5. The third-order valence-corrected chi connectivity index (χ3v) is 1.32. The SMILES string of the molecule is CCCCCl.CCCCl. The molecule has 0 aromatic heterocycles. The third kappa shape index (κ3) is 29.0. The van der Waals surface area contributed by atoms with Crippen molar-refractivity contribution >= 4 is 23.2 Å². The molecule has 0 heterocycles. The van der Waals surface area contributed by atoms with Crippen molar-refractivity contribution in [2.75, 3.05) is 11.8 Å². The van der Waals surface area contributed by atoms with Crippen LogP contribution < -0.4 is 0 Å². The van der Waals surface area contributed by atoms with Crippen LogP contribution in [-0.4, -0.2) is 11.8 Å². The van der Waals surface area contributed by atoms with Gasteiger partial charge in [0.1, 0.15) is 0 Å². The van der Waals surface area contributed by atoms with E-state index in [0.29, 0.717) is 0 Å². The molecule has 0 spiro atoms. The van der Waals surface area contributed by atoms with Crippen LogP contribution in [0.15, 0.2) is 0 Å². The van der Waals surface area contributed by atoms with Gasteiger partial charge >= 0.3 is 0 Å². The van der Waals surface area contributed by atoms with E-state index in [2.05, 4.69) is 6.92 Å². The highest BCUT2D eigenvalue weighted by Crippen LogP contribution is 1.86. The van der Waals surface area contributed by atoms with Crippen molar-refractivity contribution < 1.29 is 0 Å². The molecule has 0 aliphatic heterocycles. The number of halogens is 2. The predicted molar refractivity (Wildman–Crippen MR) is 46.6 cm³/mol. The molecule has 0 fully saturated rings. The summed E-state index contributed by atoms with van der Waals surface area (Å²) >= 11 is 10.5. The van der Waals surface area contributed by atoms with Crippen molar-refractivity contribution in [2.45, 2.75) is 33.1 Å². The average Bonchev–Trinajstić information content (AvgIpc) is 1.91. The van der Waals surface area contributed by atoms with Gasteiger partial charge in [0.2, 0.25) is 0 Å². The van der Waals surface area contributed by atoms with Crippen molar-refractivity contribution in [3.63, 3.8) is 0 Å². The molecule has 0 bridgehead atoms. The molecule has 58 valence electrons. The fourth-order valence-electron chi connectivity index (χ4n) is 0.134. The summed E-state index contributed by atoms with van der Waals surface area (Å²) in [7, 11) is 0. The van der Waals surface area contributed by atoms with Crippen molar-refractivity contribution in [2.24, 2.45) is 0 Å². The van der Waals surface area contributed by atoms with Crippen LogP contribution in [0.5, 0.6) is 0 Å². The monoisotopic (exact) mass is 170 g/mol. The van der Waals surface area contributed by atoms with E-state index in [1.165, 1.54) is 6.42 Å². The minimum absolute atomic E-state index is 0.792. The van der Waals surface area contributed by atoms with E-state index in [1.54, 1.807) is 0 Å². The molecule has 0 radical (unpaired) electrons. The van der Waals surface area contributed by atoms with Gasteiger partial charge in [-0.05, 0) is 12.8 Å². The maximum atomic E-state index is 5.30. The van der Waals surface area contributed by atoms with Gasteiger partial charge in [-0.2, -0.15) is 0 Å². The Bertz CT molecular complexity index is 26.1. The fraction of sp³-hybridized carbons (Fsp3) is 1.00. The standard InChI is InChI=1S/C4H9Cl.C3H7Cl/c1-2-3-4-5;1-2-3-4/h2-4H2,1H3;2-3H2,1H3. The van der Waals surface area contributed by atoms with Gasteiger partial charge in [-0.15, -0.1) is 23.2 Å². The Morgan fingerprint density at radius 3 is 1.33 bits per heavy atom. The van der Waals surface area contributed by atoms with Gasteiger partial charge in [-0.1, -0.05) is 20.3 Å². The normalized spacial score (nSPS) is 8.00. The molecule has 0 atom stereocenters. The fourth-order valence-corrected chi connectivity index (χ4v) is 0.401. The van der Waals surface area contributed by atoms with Gasteiger partial charge in [0.25, 0.3) is 0 Å². The van der Waals surface area contributed by atoms with Crippen LogP contribution in [0, 0.1) is 0 Å². The molecule has 2 heteroatoms. The van der Waals surface area contributed by atoms with E-state index in [-0.39, 0.29) is 0 Å². The molecule has 0 saturated carbocycles. The minimum Gasteiger partial charge on any atom is -0.127 e. The molecule has 0 N–H and O–H groups in total. The van der Waals surface area contributed by atoms with Crippen molar-refractivity contribution in [3.8, 4) is 0 Å². The zero-order valence-electron chi connectivity index (χ0n) is 6.29. The molecular formula is C7H16Cl2. The quantitative estimate of drug-likeness (QED) is 0.568. The molecule has 0 aromatic carbocycles. The van der Waals surface area contributed by atoms with Gasteiger partial charge in [-0.3, -0.25) is 0 Å². The zero-order chi connectivity index (χ0) is 7.54. The molecule has 0 aliphatic carbocycles. The number of hydrogen-bond donors (Lipinski definition) is 0. The maximum absolute atomic E-state index is 5.30. The van der Waals surface area contributed by atoms with E-state index in [4.69, 9.17) is 23.2 Å². The number of rotatable bonds is 3. The molecule has 0 rings (SSSR count). The van der Waals surface area contributed by atoms with E-state index < -0.39 is 0 Å². The molecule has 0 amide bonds. The summed E-state index contributed by atoms with van der Waals surface area (Å²) in [5.74, 6) is 1.61. The smallest absolute Gasteiger partial charge is 0.0223 e. The molecule has 0 aliphatic rings. The summed E-state index contributed by atoms with van der Waals surface area (Å²) in [6.07, 6.45) is 3.45. The summed E-state index contributed by atoms with van der Waals surface area (Å²) in [6.45, 7) is 4.18. The van der Waals surface area contributed by atoms with Crippen molar-refractivity contribution in [1.82, 2.24) is 0 Å². The lowest BCUT2D eigenvalue weighted by atomic mass is 10.4. The summed E-state index contributed by atoms with van der Waals surface area (Å²) in [5.41, 5.74) is 0. The second-order valence-electron chi connectivity index (χ2n) is 1.73. The minimum atomic E-state index is 0.792. The Balaban J connectivity index is 0. The second kappa shape index (κ2) is 15.8. The summed E-state index contributed by atoms with van der Waals surface area (Å²) in [5, 5.41) is 0. The lowest BCUT2D eigenvalue weighted by Crippen LogP contribution is -1.65. The summed E-state index contributed by atoms with van der Waals surface area (Å²) < 4.78 is 0. The predicted octanol–water partition coefficient (Wildman–Crippen LogP) is 3.66. The highest BCUT2D eigenvalue weighted by molar-refractivity contribution is 6.18. The molecule has 0 aromatic rings. The lowest BCUT2D eigenvalue weighted by Gasteiger charge is -1.77. The summed E-state index contributed by atoms with van der Waals surface area (Å²) in [6, 6.07) is 0. The van der Waals surface area contributed by atoms with Crippen LogP contribution in [0.2, 0.25) is 0 Å². The maximum Gasteiger partial charge on any atom is 0.0223 e. The van der Waals surface area contributed by atoms with Crippen LogP contribution >= 0.6 is 23.2 Å². The van der Waals surface area contributed by atoms with E-state index >= 15 is 0 Å². The lowest BCUT2D eigenvalue weighted by molar-refractivity contribution is 0.892. The Morgan fingerprint density at radius 2 is 1.33 bits per heavy atom. The molecular weight excluding hydrogens is 155 g/mol. The van der Waals surface area contributed by atoms with Gasteiger partial charge in [0.15, 0.2) is 0 Å². The average molecular weight is 171 g/mol. The molecule has 0 unspecified atom stereocenters. The number of unbranched alkanes of at least 4 members (excludes halogenated alkanes) is 1. The van der Waals surface area contributed by atoms with Gasteiger partial charge < -0.3 is 0 Å². The van der Waals surface area contributed by atoms with Gasteiger partial charge in [-0.25, -0.2) is 0 Å². The number of hydrogen-bond acceptors (Lipinski definition) is 0. The first kappa shape index (κ1) is 12.3. The van der Waals surface area contributed by atoms with Crippen LogP contribution in [0.3, 0.4) is 0 Å². The third-order valence-electron chi connectivity index (χ3n) is 0.676. The zero-order valence-corrected chi connectivity index (χ0v) is 7.80. The molecule has 0 nitrogen and oxygen atoms in total. The van der Waals surface area contributed by atoms with E-state index in [9.17, 15) is 0 Å². The Hall–Kier alpha value is 0.580. The van der Waals surface area contributed by atoms with E-state index in [1.807, 2.05) is 6.92 Å². The van der Waals surface area contributed by atoms with Crippen molar-refractivity contribution in [3.05, 3.63) is 0 Å². The van der Waals surface area contributed by atoms with Gasteiger partial charge in [0.05, 0.1) is 0 Å². The van der Waals surface area contributed by atoms with Crippen molar-refractivity contribution in [1.29, 1.82) is 0 Å². The Labute approximate surface area is 68.5 Å². The van der Waals surface area contributed by atoms with Crippen LogP contribution in [-0.2, 0) is 0 Å². The topological polar surface area (TPSA) is 0 Å². The molecule has 9 heavy (non-hydrogen) atoms. The first-order chi connectivity index (χ1) is 4.33. The van der Waals surface area contributed by atoms with Crippen LogP contribution in [0.1, 0.15) is 33.1 Å². The van der Waals surface area contributed by atoms with Crippen LogP contribution in [0.4, 0.5) is 0 Å². The first-order valence-corrected chi connectivity index (χ1v) is 4.52. The van der Waals surface area contributed by atoms with Crippen LogP contribution in [0.25, 0.3) is 0 Å². The largest absolute Gasteiger partial charge is 0.127 e. The van der Waals surface area contributed by atoms with E-state index in [0.717, 1.165) is 24.6 Å². The van der Waals surface area contributed by atoms with Gasteiger partial charge in [0, 0.05) is 11.8 Å². The highest BCUT2D eigenvalue weighted by Gasteiger charge is 1.70. The Morgan fingerprint density at radius 1 is 0.889 bits per heavy atom. The number of alkyl halides is 2. The second-order valence-corrected chi connectivity index (χ2v) is 2.49. The summed E-state index contributed by atoms with van der Waals surface area (Å²) in [4.78, 5) is 0. The molecule has 0 saturated heterocycles.